The van der Waals surface area contributed by atoms with Gasteiger partial charge in [0.2, 0.25) is 0 Å². The highest BCUT2D eigenvalue weighted by Crippen LogP contribution is 2.22. The predicted octanol–water partition coefficient (Wildman–Crippen LogP) is 2.55. The van der Waals surface area contributed by atoms with Gasteiger partial charge in [0.25, 0.3) is 0 Å². The molecule has 0 aliphatic carbocycles. The molecule has 1 fully saturated rings. The maximum atomic E-state index is 9.50. The number of nitrogens with zero attached hydrogens (tertiary/aromatic N) is 2. The molecule has 116 valence electrons. The summed E-state index contributed by atoms with van der Waals surface area (Å²) in [5, 5.41) is 12.9. The summed E-state index contributed by atoms with van der Waals surface area (Å²) in [4.78, 5) is 2.49. The molecule has 1 atom stereocenters. The molecule has 4 heteroatoms. The fraction of sp³-hybridized carbons (Fsp3) is 0.938. The highest BCUT2D eigenvalue weighted by atomic mass is 16.5. The Hall–Kier alpha value is -0.630. The van der Waals surface area contributed by atoms with Crippen LogP contribution in [0.3, 0.4) is 0 Å². The zero-order valence-corrected chi connectivity index (χ0v) is 13.7. The Bertz CT molecular complexity index is 324. The van der Waals surface area contributed by atoms with Crippen molar-refractivity contribution in [2.75, 3.05) is 32.8 Å². The quantitative estimate of drug-likeness (QED) is 0.743. The molecule has 1 aliphatic rings. The summed E-state index contributed by atoms with van der Waals surface area (Å²) in [6.07, 6.45) is 3.92. The van der Waals surface area contributed by atoms with E-state index in [0.29, 0.717) is 0 Å². The van der Waals surface area contributed by atoms with Crippen LogP contribution in [0.1, 0.15) is 53.4 Å². The second-order valence-electron chi connectivity index (χ2n) is 6.43. The lowest BCUT2D eigenvalue weighted by Gasteiger charge is -2.42. The van der Waals surface area contributed by atoms with Gasteiger partial charge in [-0.1, -0.05) is 13.8 Å². The molecule has 1 rings (SSSR count). The van der Waals surface area contributed by atoms with Gasteiger partial charge >= 0.3 is 0 Å². The minimum Gasteiger partial charge on any atom is -0.378 e. The number of ether oxygens (including phenoxy) is 1. The first-order valence-electron chi connectivity index (χ1n) is 7.99. The molecule has 0 aromatic carbocycles. The van der Waals surface area contributed by atoms with Crippen molar-refractivity contribution in [1.82, 2.24) is 10.2 Å². The number of hydrogen-bond acceptors (Lipinski definition) is 4. The lowest BCUT2D eigenvalue weighted by molar-refractivity contribution is -0.0517. The first kappa shape index (κ1) is 17.4. The topological polar surface area (TPSA) is 48.3 Å². The van der Waals surface area contributed by atoms with Crippen LogP contribution in [0.15, 0.2) is 0 Å². The van der Waals surface area contributed by atoms with Crippen LogP contribution >= 0.6 is 0 Å². The fourth-order valence-electron chi connectivity index (χ4n) is 2.81. The lowest BCUT2D eigenvalue weighted by atomic mass is 9.91. The summed E-state index contributed by atoms with van der Waals surface area (Å²) in [5.74, 6) is 0. The van der Waals surface area contributed by atoms with E-state index in [-0.39, 0.29) is 11.1 Å². The van der Waals surface area contributed by atoms with Gasteiger partial charge in [0, 0.05) is 12.1 Å². The number of hydrogen-bond donors (Lipinski definition) is 1. The standard InChI is InChI=1S/C16H31N3O/c1-5-9-18-16(6-2,13-17)8-7-10-19-11-12-20-14-15(19,3)4/h18H,5-12,14H2,1-4H3. The Morgan fingerprint density at radius 3 is 2.70 bits per heavy atom. The van der Waals surface area contributed by atoms with Crippen LogP contribution in [0.25, 0.3) is 0 Å². The molecule has 1 saturated heterocycles. The van der Waals surface area contributed by atoms with Gasteiger partial charge in [0.1, 0.15) is 5.54 Å². The smallest absolute Gasteiger partial charge is 0.106 e. The van der Waals surface area contributed by atoms with Crippen molar-refractivity contribution >= 4 is 0 Å². The van der Waals surface area contributed by atoms with Gasteiger partial charge in [0.05, 0.1) is 19.3 Å². The third-order valence-electron chi connectivity index (χ3n) is 4.38. The third kappa shape index (κ3) is 4.73. The van der Waals surface area contributed by atoms with E-state index in [4.69, 9.17) is 4.74 Å². The van der Waals surface area contributed by atoms with Crippen molar-refractivity contribution in [1.29, 1.82) is 5.26 Å². The second-order valence-corrected chi connectivity index (χ2v) is 6.43. The van der Waals surface area contributed by atoms with Crippen LogP contribution in [0.2, 0.25) is 0 Å². The molecule has 1 aliphatic heterocycles. The van der Waals surface area contributed by atoms with E-state index >= 15 is 0 Å². The zero-order chi connectivity index (χ0) is 15.1. The van der Waals surface area contributed by atoms with Crippen LogP contribution in [-0.2, 0) is 4.74 Å². The highest BCUT2D eigenvalue weighted by Gasteiger charge is 2.31. The average molecular weight is 281 g/mol. The summed E-state index contributed by atoms with van der Waals surface area (Å²) in [7, 11) is 0. The van der Waals surface area contributed by atoms with E-state index in [0.717, 1.165) is 58.5 Å². The van der Waals surface area contributed by atoms with E-state index in [1.54, 1.807) is 0 Å². The molecular formula is C16H31N3O. The van der Waals surface area contributed by atoms with E-state index in [2.05, 4.69) is 44.0 Å². The van der Waals surface area contributed by atoms with Crippen LogP contribution < -0.4 is 5.32 Å². The van der Waals surface area contributed by atoms with Gasteiger partial charge in [-0.05, 0) is 52.6 Å². The van der Waals surface area contributed by atoms with E-state index in [1.807, 2.05) is 0 Å². The molecule has 0 aromatic heterocycles. The first-order chi connectivity index (χ1) is 9.49. The van der Waals surface area contributed by atoms with Gasteiger partial charge < -0.3 is 4.74 Å². The summed E-state index contributed by atoms with van der Waals surface area (Å²) < 4.78 is 5.55. The third-order valence-corrected chi connectivity index (χ3v) is 4.38. The van der Waals surface area contributed by atoms with Gasteiger partial charge in [-0.25, -0.2) is 0 Å². The average Bonchev–Trinajstić information content (AvgIpc) is 2.44. The van der Waals surface area contributed by atoms with Gasteiger partial charge in [-0.2, -0.15) is 5.26 Å². The SMILES string of the molecule is CCCNC(C#N)(CC)CCCN1CCOCC1(C)C. The second kappa shape index (κ2) is 7.97. The van der Waals surface area contributed by atoms with E-state index < -0.39 is 0 Å². The summed E-state index contributed by atoms with van der Waals surface area (Å²) in [6.45, 7) is 13.3. The van der Waals surface area contributed by atoms with Crippen LogP contribution in [0, 0.1) is 11.3 Å². The van der Waals surface area contributed by atoms with Crippen molar-refractivity contribution in [3.8, 4) is 6.07 Å². The van der Waals surface area contributed by atoms with Crippen LogP contribution in [0.5, 0.6) is 0 Å². The molecule has 0 radical (unpaired) electrons. The zero-order valence-electron chi connectivity index (χ0n) is 13.7. The molecule has 20 heavy (non-hydrogen) atoms. The van der Waals surface area contributed by atoms with Crippen molar-refractivity contribution < 1.29 is 4.74 Å². The maximum absolute atomic E-state index is 9.50. The highest BCUT2D eigenvalue weighted by molar-refractivity contribution is 5.06. The van der Waals surface area contributed by atoms with Crippen molar-refractivity contribution in [2.45, 2.75) is 64.5 Å². The van der Waals surface area contributed by atoms with Crippen molar-refractivity contribution in [3.05, 3.63) is 0 Å². The molecule has 1 N–H and O–H groups in total. The molecule has 0 amide bonds. The largest absolute Gasteiger partial charge is 0.378 e. The first-order valence-corrected chi connectivity index (χ1v) is 7.99. The number of morpholine rings is 1. The molecular weight excluding hydrogens is 250 g/mol. The van der Waals surface area contributed by atoms with Crippen molar-refractivity contribution in [3.63, 3.8) is 0 Å². The number of nitrogens with one attached hydrogen (secondary N) is 1. The van der Waals surface area contributed by atoms with Crippen LogP contribution in [-0.4, -0.2) is 48.8 Å². The number of rotatable bonds is 8. The molecule has 0 spiro atoms. The molecule has 0 aromatic rings. The van der Waals surface area contributed by atoms with Crippen LogP contribution in [0.4, 0.5) is 0 Å². The molecule has 4 nitrogen and oxygen atoms in total. The Balaban J connectivity index is 2.46. The lowest BCUT2D eigenvalue weighted by Crippen LogP contribution is -2.53. The predicted molar refractivity (Wildman–Crippen MR) is 82.6 cm³/mol. The van der Waals surface area contributed by atoms with Gasteiger partial charge in [-0.15, -0.1) is 0 Å². The monoisotopic (exact) mass is 281 g/mol. The molecule has 0 bridgehead atoms. The number of nitriles is 1. The minimum atomic E-state index is -0.341. The minimum absolute atomic E-state index is 0.122. The Kier molecular flexibility index (Phi) is 6.94. The summed E-state index contributed by atoms with van der Waals surface area (Å²) in [6, 6.07) is 2.50. The Morgan fingerprint density at radius 1 is 1.40 bits per heavy atom. The van der Waals surface area contributed by atoms with E-state index in [1.165, 1.54) is 0 Å². The molecule has 0 saturated carbocycles. The van der Waals surface area contributed by atoms with Gasteiger partial charge in [-0.3, -0.25) is 10.2 Å². The maximum Gasteiger partial charge on any atom is 0.106 e. The Labute approximate surface area is 124 Å². The Morgan fingerprint density at radius 2 is 2.15 bits per heavy atom. The normalized spacial score (nSPS) is 22.1. The summed E-state index contributed by atoms with van der Waals surface area (Å²) in [5.41, 5.74) is -0.219. The van der Waals surface area contributed by atoms with Gasteiger partial charge in [0.15, 0.2) is 0 Å². The molecule has 1 heterocycles. The summed E-state index contributed by atoms with van der Waals surface area (Å²) >= 11 is 0. The molecule has 1 unspecified atom stereocenters. The van der Waals surface area contributed by atoms with E-state index in [9.17, 15) is 5.26 Å². The fourth-order valence-corrected chi connectivity index (χ4v) is 2.81. The van der Waals surface area contributed by atoms with Crippen molar-refractivity contribution in [2.24, 2.45) is 0 Å².